The number of likely N-dealkylation sites (N-methyl/N-ethyl adjacent to an activating group) is 1. The Kier molecular flexibility index (Phi) is 5.73. The Morgan fingerprint density at radius 1 is 0.543 bits per heavy atom. The quantitative estimate of drug-likeness (QED) is 0.294. The third-order valence-corrected chi connectivity index (χ3v) is 6.28. The first-order chi connectivity index (χ1) is 17.2. The van der Waals surface area contributed by atoms with E-state index in [0.29, 0.717) is 13.1 Å². The monoisotopic (exact) mass is 464 g/mol. The molecule has 3 N–H and O–H groups in total. The summed E-state index contributed by atoms with van der Waals surface area (Å²) in [4.78, 5) is 29.4. The third kappa shape index (κ3) is 4.80. The Labute approximate surface area is 203 Å². The van der Waals surface area contributed by atoms with E-state index in [1.165, 1.54) is 0 Å². The van der Waals surface area contributed by atoms with Gasteiger partial charge in [0.2, 0.25) is 0 Å². The summed E-state index contributed by atoms with van der Waals surface area (Å²) in [5.41, 5.74) is 6.20. The highest BCUT2D eigenvalue weighted by Gasteiger charge is 2.15. The summed E-state index contributed by atoms with van der Waals surface area (Å²) < 4.78 is 0. The van der Waals surface area contributed by atoms with E-state index in [1.54, 1.807) is 0 Å². The topological polar surface area (TPSA) is 92.5 Å². The lowest BCUT2D eigenvalue weighted by Crippen LogP contribution is -2.33. The number of hydrogen-bond donors (Lipinski definition) is 3. The third-order valence-electron chi connectivity index (χ3n) is 6.28. The van der Waals surface area contributed by atoms with Gasteiger partial charge in [-0.2, -0.15) is 0 Å². The van der Waals surface area contributed by atoms with Gasteiger partial charge in [0.05, 0.1) is 52.7 Å². The fourth-order valence-corrected chi connectivity index (χ4v) is 4.53. The molecule has 0 saturated carbocycles. The van der Waals surface area contributed by atoms with Crippen LogP contribution in [0.15, 0.2) is 72.8 Å². The standard InChI is InChI=1S/C27H28N8/c1-34(16-25-28-19-8-2-3-9-20(19)29-25)14-15-35(17-26-30-21-10-4-5-11-22(21)31-26)18-27-32-23-12-6-7-13-24(23)33-27/h2-13H,14-18H2,1H3,(H,28,29)(H,30,31)(H,32,33). The minimum Gasteiger partial charge on any atom is -0.341 e. The predicted molar refractivity (Wildman–Crippen MR) is 139 cm³/mol. The van der Waals surface area contributed by atoms with Crippen molar-refractivity contribution < 1.29 is 0 Å². The van der Waals surface area contributed by atoms with Gasteiger partial charge >= 0.3 is 0 Å². The highest BCUT2D eigenvalue weighted by molar-refractivity contribution is 5.76. The molecule has 0 aliphatic rings. The van der Waals surface area contributed by atoms with Gasteiger partial charge in [-0.05, 0) is 43.4 Å². The summed E-state index contributed by atoms with van der Waals surface area (Å²) in [6, 6.07) is 24.5. The van der Waals surface area contributed by atoms with Gasteiger partial charge in [-0.3, -0.25) is 9.80 Å². The van der Waals surface area contributed by atoms with Crippen LogP contribution in [0.3, 0.4) is 0 Å². The molecule has 0 spiro atoms. The molecule has 0 atom stereocenters. The van der Waals surface area contributed by atoms with Crippen molar-refractivity contribution in [2.75, 3.05) is 20.1 Å². The number of aromatic amines is 3. The lowest BCUT2D eigenvalue weighted by atomic mass is 10.3. The number of para-hydroxylation sites is 6. The van der Waals surface area contributed by atoms with Gasteiger partial charge in [0.25, 0.3) is 0 Å². The molecule has 0 saturated heterocycles. The Morgan fingerprint density at radius 2 is 0.943 bits per heavy atom. The zero-order valence-electron chi connectivity index (χ0n) is 19.7. The van der Waals surface area contributed by atoms with Crippen molar-refractivity contribution in [2.24, 2.45) is 0 Å². The minimum atomic E-state index is 0.713. The molecule has 3 aromatic carbocycles. The van der Waals surface area contributed by atoms with Crippen LogP contribution in [0, 0.1) is 0 Å². The van der Waals surface area contributed by atoms with Crippen LogP contribution in [-0.2, 0) is 19.6 Å². The van der Waals surface area contributed by atoms with E-state index in [0.717, 1.165) is 70.2 Å². The maximum absolute atomic E-state index is 4.80. The zero-order chi connectivity index (χ0) is 23.6. The number of benzene rings is 3. The molecular formula is C27H28N8. The number of H-pyrrole nitrogens is 3. The first kappa shape index (κ1) is 21.5. The summed E-state index contributed by atoms with van der Waals surface area (Å²) in [6.45, 7) is 3.94. The molecule has 3 heterocycles. The number of nitrogens with zero attached hydrogens (tertiary/aromatic N) is 5. The molecule has 176 valence electrons. The number of fused-ring (bicyclic) bond motifs is 3. The predicted octanol–water partition coefficient (Wildman–Crippen LogP) is 4.45. The van der Waals surface area contributed by atoms with Crippen LogP contribution in [0.2, 0.25) is 0 Å². The molecule has 0 radical (unpaired) electrons. The van der Waals surface area contributed by atoms with E-state index in [1.807, 2.05) is 54.6 Å². The summed E-state index contributed by atoms with van der Waals surface area (Å²) >= 11 is 0. The van der Waals surface area contributed by atoms with Crippen LogP contribution >= 0.6 is 0 Å². The summed E-state index contributed by atoms with van der Waals surface area (Å²) in [7, 11) is 2.13. The summed E-state index contributed by atoms with van der Waals surface area (Å²) in [6.07, 6.45) is 0. The normalized spacial score (nSPS) is 12.1. The lowest BCUT2D eigenvalue weighted by molar-refractivity contribution is 0.200. The Hall–Kier alpha value is -4.01. The highest BCUT2D eigenvalue weighted by Crippen LogP contribution is 2.16. The number of nitrogens with one attached hydrogen (secondary N) is 3. The van der Waals surface area contributed by atoms with Gasteiger partial charge in [-0.1, -0.05) is 36.4 Å². The second kappa shape index (κ2) is 9.32. The zero-order valence-corrected chi connectivity index (χ0v) is 19.7. The Morgan fingerprint density at radius 3 is 1.37 bits per heavy atom. The van der Waals surface area contributed by atoms with Gasteiger partial charge in [-0.15, -0.1) is 0 Å². The maximum atomic E-state index is 4.80. The molecule has 8 heteroatoms. The van der Waals surface area contributed by atoms with E-state index in [9.17, 15) is 0 Å². The van der Waals surface area contributed by atoms with Gasteiger partial charge in [-0.25, -0.2) is 15.0 Å². The van der Waals surface area contributed by atoms with Gasteiger partial charge in [0.1, 0.15) is 17.5 Å². The molecule has 35 heavy (non-hydrogen) atoms. The van der Waals surface area contributed by atoms with Crippen molar-refractivity contribution in [1.82, 2.24) is 39.7 Å². The van der Waals surface area contributed by atoms with Crippen molar-refractivity contribution in [2.45, 2.75) is 19.6 Å². The first-order valence-corrected chi connectivity index (χ1v) is 11.9. The molecule has 3 aromatic heterocycles. The molecular weight excluding hydrogens is 436 g/mol. The van der Waals surface area contributed by atoms with Gasteiger partial charge in [0, 0.05) is 13.1 Å². The molecule has 6 aromatic rings. The number of hydrogen-bond acceptors (Lipinski definition) is 5. The van der Waals surface area contributed by atoms with E-state index < -0.39 is 0 Å². The molecule has 0 aliphatic heterocycles. The molecule has 6 rings (SSSR count). The SMILES string of the molecule is CN(CCN(Cc1nc2ccccc2[nH]1)Cc1nc2ccccc2[nH]1)Cc1nc2ccccc2[nH]1. The molecule has 0 bridgehead atoms. The van der Waals surface area contributed by atoms with Crippen LogP contribution in [0.5, 0.6) is 0 Å². The fraction of sp³-hybridized carbons (Fsp3) is 0.222. The second-order valence-corrected chi connectivity index (χ2v) is 9.05. The van der Waals surface area contributed by atoms with E-state index in [2.05, 4.69) is 50.0 Å². The average molecular weight is 465 g/mol. The second-order valence-electron chi connectivity index (χ2n) is 9.05. The average Bonchev–Trinajstić information content (AvgIpc) is 3.57. The summed E-state index contributed by atoms with van der Waals surface area (Å²) in [5, 5.41) is 0. The van der Waals surface area contributed by atoms with Crippen molar-refractivity contribution in [3.8, 4) is 0 Å². The number of imidazole rings is 3. The van der Waals surface area contributed by atoms with Crippen LogP contribution in [-0.4, -0.2) is 59.8 Å². The van der Waals surface area contributed by atoms with Crippen LogP contribution in [0.4, 0.5) is 0 Å². The molecule has 0 amide bonds. The van der Waals surface area contributed by atoms with Crippen molar-refractivity contribution in [3.05, 3.63) is 90.3 Å². The summed E-state index contributed by atoms with van der Waals surface area (Å²) in [5.74, 6) is 2.90. The van der Waals surface area contributed by atoms with Crippen LogP contribution in [0.1, 0.15) is 17.5 Å². The molecule has 8 nitrogen and oxygen atoms in total. The van der Waals surface area contributed by atoms with E-state index in [-0.39, 0.29) is 0 Å². The lowest BCUT2D eigenvalue weighted by Gasteiger charge is -2.23. The van der Waals surface area contributed by atoms with Crippen molar-refractivity contribution in [3.63, 3.8) is 0 Å². The van der Waals surface area contributed by atoms with Gasteiger partial charge in [0.15, 0.2) is 0 Å². The highest BCUT2D eigenvalue weighted by atomic mass is 15.2. The van der Waals surface area contributed by atoms with Gasteiger partial charge < -0.3 is 15.0 Å². The first-order valence-electron chi connectivity index (χ1n) is 11.9. The number of rotatable bonds is 9. The van der Waals surface area contributed by atoms with Crippen molar-refractivity contribution in [1.29, 1.82) is 0 Å². The van der Waals surface area contributed by atoms with Crippen LogP contribution in [0.25, 0.3) is 33.1 Å². The molecule has 0 unspecified atom stereocenters. The van der Waals surface area contributed by atoms with E-state index in [4.69, 9.17) is 15.0 Å². The fourth-order valence-electron chi connectivity index (χ4n) is 4.53. The molecule has 0 fully saturated rings. The molecule has 0 aliphatic carbocycles. The minimum absolute atomic E-state index is 0.713. The van der Waals surface area contributed by atoms with Crippen molar-refractivity contribution >= 4 is 33.1 Å². The number of aromatic nitrogens is 6. The Bertz CT molecular complexity index is 1400. The largest absolute Gasteiger partial charge is 0.341 e. The smallest absolute Gasteiger partial charge is 0.121 e. The maximum Gasteiger partial charge on any atom is 0.121 e. The van der Waals surface area contributed by atoms with E-state index >= 15 is 0 Å². The Balaban J connectivity index is 1.17. The van der Waals surface area contributed by atoms with Crippen LogP contribution < -0.4 is 0 Å².